The van der Waals surface area contributed by atoms with Crippen LogP contribution in [0.2, 0.25) is 0 Å². The van der Waals surface area contributed by atoms with Gasteiger partial charge in [0.2, 0.25) is 0 Å². The molecule has 5 nitrogen and oxygen atoms in total. The minimum atomic E-state index is 0.936. The molecular weight excluding hydrogens is 767 g/mol. The molecule has 0 atom stereocenters. The Morgan fingerprint density at radius 1 is 0.302 bits per heavy atom. The van der Waals surface area contributed by atoms with E-state index in [9.17, 15) is 0 Å². The van der Waals surface area contributed by atoms with E-state index in [0.29, 0.717) is 0 Å². The van der Waals surface area contributed by atoms with E-state index in [0.717, 1.165) is 98.7 Å². The van der Waals surface area contributed by atoms with E-state index in [1.54, 1.807) is 0 Å². The van der Waals surface area contributed by atoms with Gasteiger partial charge in [0, 0.05) is 28.2 Å². The molecule has 0 amide bonds. The summed E-state index contributed by atoms with van der Waals surface area (Å²) in [6.07, 6.45) is 11.5. The number of aromatic nitrogens is 4. The van der Waals surface area contributed by atoms with E-state index in [2.05, 4.69) is 170 Å². The van der Waals surface area contributed by atoms with Crippen molar-refractivity contribution in [2.75, 3.05) is 4.90 Å². The molecular formula is C58H55N5. The lowest BCUT2D eigenvalue weighted by Crippen LogP contribution is -2.09. The van der Waals surface area contributed by atoms with Gasteiger partial charge in [0.15, 0.2) is 0 Å². The number of unbranched alkanes of at least 4 members (excludes halogenated alkanes) is 6. The van der Waals surface area contributed by atoms with E-state index in [4.69, 9.17) is 19.9 Å². The smallest absolute Gasteiger partial charge is 0.0925 e. The van der Waals surface area contributed by atoms with Crippen LogP contribution >= 0.6 is 0 Å². The second-order valence-corrected chi connectivity index (χ2v) is 16.6. The van der Waals surface area contributed by atoms with E-state index in [1.807, 2.05) is 24.3 Å². The van der Waals surface area contributed by atoms with Crippen molar-refractivity contribution in [3.8, 4) is 44.8 Å². The van der Waals surface area contributed by atoms with Crippen LogP contribution in [0.5, 0.6) is 0 Å². The van der Waals surface area contributed by atoms with Crippen molar-refractivity contribution in [3.63, 3.8) is 0 Å². The number of rotatable bonds is 17. The van der Waals surface area contributed by atoms with Gasteiger partial charge in [-0.05, 0) is 109 Å². The molecule has 0 unspecified atom stereocenters. The summed E-state index contributed by atoms with van der Waals surface area (Å²) in [5.74, 6) is 0. The summed E-state index contributed by atoms with van der Waals surface area (Å²) in [6, 6.07) is 62.5. The van der Waals surface area contributed by atoms with Gasteiger partial charge < -0.3 is 4.90 Å². The maximum Gasteiger partial charge on any atom is 0.0925 e. The molecule has 0 saturated carbocycles. The maximum absolute atomic E-state index is 5.12. The molecule has 312 valence electrons. The number of fused-ring (bicyclic) bond motifs is 2. The highest BCUT2D eigenvalue weighted by Gasteiger charge is 2.16. The summed E-state index contributed by atoms with van der Waals surface area (Å²) >= 11 is 0. The monoisotopic (exact) mass is 821 g/mol. The second kappa shape index (κ2) is 19.8. The van der Waals surface area contributed by atoms with Crippen LogP contribution in [0.1, 0.15) is 76.6 Å². The first-order valence-corrected chi connectivity index (χ1v) is 22.9. The van der Waals surface area contributed by atoms with Crippen LogP contribution in [0.4, 0.5) is 17.1 Å². The molecule has 9 rings (SSSR count). The highest BCUT2D eigenvalue weighted by molar-refractivity contribution is 5.83. The number of aryl methyl sites for hydroxylation is 2. The van der Waals surface area contributed by atoms with Gasteiger partial charge in [0.1, 0.15) is 0 Å². The van der Waals surface area contributed by atoms with E-state index < -0.39 is 0 Å². The van der Waals surface area contributed by atoms with E-state index in [1.165, 1.54) is 60.8 Å². The third kappa shape index (κ3) is 9.59. The third-order valence-corrected chi connectivity index (χ3v) is 12.1. The van der Waals surface area contributed by atoms with Gasteiger partial charge >= 0.3 is 0 Å². The van der Waals surface area contributed by atoms with Crippen LogP contribution in [-0.2, 0) is 12.8 Å². The Morgan fingerprint density at radius 3 is 1.00 bits per heavy atom. The molecule has 0 bridgehead atoms. The molecule has 2 heterocycles. The first kappa shape index (κ1) is 41.4. The van der Waals surface area contributed by atoms with Gasteiger partial charge in [-0.15, -0.1) is 0 Å². The Kier molecular flexibility index (Phi) is 13.0. The molecule has 63 heavy (non-hydrogen) atoms. The summed E-state index contributed by atoms with van der Waals surface area (Å²) in [5, 5.41) is 0. The number of para-hydroxylation sites is 5. The standard InChI is InChI=1S/C58H55N5/c1-3-5-7-12-24-55-57(61-53-22-16-14-20-51(53)59-55)46-30-26-42(27-31-46)44-34-38-49(39-35-44)63(48-18-10-9-11-19-48)50-40-36-45(37-41-50)43-28-32-47(33-29-43)58-56(25-13-8-6-4-2)60-52-21-15-17-23-54(52)62-58/h9-11,14-23,26-41H,3-8,12-13,24-25H2,1-2H3. The van der Waals surface area contributed by atoms with E-state index in [-0.39, 0.29) is 0 Å². The van der Waals surface area contributed by atoms with Crippen LogP contribution in [0.15, 0.2) is 176 Å². The molecule has 0 N–H and O–H groups in total. The maximum atomic E-state index is 5.12. The van der Waals surface area contributed by atoms with Crippen molar-refractivity contribution in [3.05, 3.63) is 187 Å². The molecule has 0 saturated heterocycles. The zero-order chi connectivity index (χ0) is 42.8. The van der Waals surface area contributed by atoms with Crippen molar-refractivity contribution < 1.29 is 0 Å². The Bertz CT molecular complexity index is 2710. The van der Waals surface area contributed by atoms with Gasteiger partial charge in [-0.25, -0.2) is 19.9 Å². The molecule has 0 aliphatic rings. The van der Waals surface area contributed by atoms with Gasteiger partial charge in [0.05, 0.1) is 44.8 Å². The minimum absolute atomic E-state index is 0.936. The first-order chi connectivity index (χ1) is 31.1. The summed E-state index contributed by atoms with van der Waals surface area (Å²) in [6.45, 7) is 4.51. The molecule has 0 aliphatic heterocycles. The number of hydrogen-bond acceptors (Lipinski definition) is 5. The predicted octanol–water partition coefficient (Wildman–Crippen LogP) is 16.0. The third-order valence-electron chi connectivity index (χ3n) is 12.1. The van der Waals surface area contributed by atoms with Crippen LogP contribution in [0.3, 0.4) is 0 Å². The molecule has 5 heteroatoms. The van der Waals surface area contributed by atoms with Crippen molar-refractivity contribution in [2.45, 2.75) is 78.1 Å². The minimum Gasteiger partial charge on any atom is -0.311 e. The summed E-state index contributed by atoms with van der Waals surface area (Å²) in [4.78, 5) is 22.7. The highest BCUT2D eigenvalue weighted by Crippen LogP contribution is 2.37. The Labute approximate surface area is 372 Å². The van der Waals surface area contributed by atoms with Gasteiger partial charge in [-0.2, -0.15) is 0 Å². The lowest BCUT2D eigenvalue weighted by molar-refractivity contribution is 0.661. The van der Waals surface area contributed by atoms with Gasteiger partial charge in [-0.1, -0.05) is 168 Å². The second-order valence-electron chi connectivity index (χ2n) is 16.6. The SMILES string of the molecule is CCCCCCc1nc2ccccc2nc1-c1ccc(-c2ccc(N(c3ccccc3)c3ccc(-c4ccc(-c5nc6ccccc6nc5CCCCCC)cc4)cc3)cc2)cc1. The number of benzene rings is 7. The fraction of sp³-hybridized carbons (Fsp3) is 0.207. The largest absolute Gasteiger partial charge is 0.311 e. The van der Waals surface area contributed by atoms with Crippen LogP contribution < -0.4 is 4.90 Å². The van der Waals surface area contributed by atoms with Crippen molar-refractivity contribution >= 4 is 39.1 Å². The van der Waals surface area contributed by atoms with Crippen molar-refractivity contribution in [2.24, 2.45) is 0 Å². The molecule has 0 fully saturated rings. The molecule has 0 spiro atoms. The summed E-state index contributed by atoms with van der Waals surface area (Å²) < 4.78 is 0. The van der Waals surface area contributed by atoms with Crippen LogP contribution in [-0.4, -0.2) is 19.9 Å². The normalized spacial score (nSPS) is 11.3. The lowest BCUT2D eigenvalue weighted by Gasteiger charge is -2.26. The number of nitrogens with zero attached hydrogens (tertiary/aromatic N) is 5. The predicted molar refractivity (Wildman–Crippen MR) is 265 cm³/mol. The average molecular weight is 822 g/mol. The quantitative estimate of drug-likeness (QED) is 0.0857. The molecule has 0 radical (unpaired) electrons. The Hall–Kier alpha value is -6.98. The van der Waals surface area contributed by atoms with Crippen LogP contribution in [0.25, 0.3) is 66.8 Å². The molecule has 7 aromatic carbocycles. The fourth-order valence-electron chi connectivity index (χ4n) is 8.59. The summed E-state index contributed by atoms with van der Waals surface area (Å²) in [5.41, 5.74) is 18.1. The Morgan fingerprint density at radius 2 is 0.619 bits per heavy atom. The lowest BCUT2D eigenvalue weighted by atomic mass is 9.99. The van der Waals surface area contributed by atoms with Crippen LogP contribution in [0, 0.1) is 0 Å². The number of anilines is 3. The average Bonchev–Trinajstić information content (AvgIpc) is 3.35. The number of hydrogen-bond donors (Lipinski definition) is 0. The van der Waals surface area contributed by atoms with Crippen molar-refractivity contribution in [1.29, 1.82) is 0 Å². The van der Waals surface area contributed by atoms with Gasteiger partial charge in [-0.3, -0.25) is 0 Å². The molecule has 0 aliphatic carbocycles. The topological polar surface area (TPSA) is 54.8 Å². The Balaban J connectivity index is 0.947. The molecule has 2 aromatic heterocycles. The summed E-state index contributed by atoms with van der Waals surface area (Å²) in [7, 11) is 0. The zero-order valence-electron chi connectivity index (χ0n) is 36.6. The van der Waals surface area contributed by atoms with E-state index >= 15 is 0 Å². The first-order valence-electron chi connectivity index (χ1n) is 22.9. The van der Waals surface area contributed by atoms with Crippen molar-refractivity contribution in [1.82, 2.24) is 19.9 Å². The zero-order valence-corrected chi connectivity index (χ0v) is 36.6. The molecule has 9 aromatic rings. The van der Waals surface area contributed by atoms with Gasteiger partial charge in [0.25, 0.3) is 0 Å². The fourth-order valence-corrected chi connectivity index (χ4v) is 8.59. The highest BCUT2D eigenvalue weighted by atomic mass is 15.1.